The summed E-state index contributed by atoms with van der Waals surface area (Å²) in [7, 11) is 0. The number of nitrogens with one attached hydrogen (secondary N) is 2. The monoisotopic (exact) mass is 413 g/mol. The molecule has 4 heterocycles. The number of fused-ring (bicyclic) bond motifs is 1. The highest BCUT2D eigenvalue weighted by Crippen LogP contribution is 2.47. The molecule has 31 heavy (non-hydrogen) atoms. The lowest BCUT2D eigenvalue weighted by Crippen LogP contribution is -2.46. The maximum absolute atomic E-state index is 9.41. The molecular formula is C22H23N9. The summed E-state index contributed by atoms with van der Waals surface area (Å²) in [4.78, 5) is 9.51. The van der Waals surface area contributed by atoms with Crippen molar-refractivity contribution in [2.24, 2.45) is 11.7 Å². The van der Waals surface area contributed by atoms with Crippen molar-refractivity contribution in [2.75, 3.05) is 6.54 Å². The van der Waals surface area contributed by atoms with E-state index < -0.39 is 5.54 Å². The van der Waals surface area contributed by atoms with Gasteiger partial charge in [0.2, 0.25) is 0 Å². The normalized spacial score (nSPS) is 27.5. The van der Waals surface area contributed by atoms with Gasteiger partial charge in [-0.3, -0.25) is 15.1 Å². The van der Waals surface area contributed by atoms with Gasteiger partial charge in [0.05, 0.1) is 47.4 Å². The molecule has 1 saturated heterocycles. The number of hydrazine groups is 1. The number of rotatable bonds is 4. The second-order valence-electron chi connectivity index (χ2n) is 8.50. The molecule has 9 heteroatoms. The number of aromatic nitrogens is 4. The van der Waals surface area contributed by atoms with Crippen molar-refractivity contribution in [3.63, 3.8) is 0 Å². The van der Waals surface area contributed by atoms with Gasteiger partial charge in [0, 0.05) is 29.7 Å². The molecule has 1 aliphatic carbocycles. The Kier molecular flexibility index (Phi) is 4.67. The van der Waals surface area contributed by atoms with E-state index in [4.69, 9.17) is 15.8 Å². The molecule has 2 aliphatic rings. The quantitative estimate of drug-likeness (QED) is 0.588. The Bertz CT molecular complexity index is 1230. The van der Waals surface area contributed by atoms with Crippen LogP contribution in [-0.2, 0) is 5.54 Å². The third-order valence-corrected chi connectivity index (χ3v) is 6.45. The molecule has 4 N–H and O–H groups in total. The van der Waals surface area contributed by atoms with Crippen LogP contribution in [0.15, 0.2) is 30.5 Å². The fourth-order valence-corrected chi connectivity index (χ4v) is 4.84. The smallest absolute Gasteiger partial charge is 0.112 e. The Morgan fingerprint density at radius 3 is 2.87 bits per heavy atom. The van der Waals surface area contributed by atoms with E-state index in [-0.39, 0.29) is 18.0 Å². The average molecular weight is 413 g/mol. The molecule has 0 amide bonds. The number of nitriles is 2. The van der Waals surface area contributed by atoms with E-state index in [2.05, 4.69) is 28.0 Å². The molecule has 3 aromatic rings. The fraction of sp³-hybridized carbons (Fsp3) is 0.409. The van der Waals surface area contributed by atoms with Crippen LogP contribution in [0, 0.1) is 35.5 Å². The van der Waals surface area contributed by atoms with Crippen molar-refractivity contribution in [3.8, 4) is 23.5 Å². The molecule has 3 aromatic heterocycles. The zero-order valence-corrected chi connectivity index (χ0v) is 17.2. The van der Waals surface area contributed by atoms with Gasteiger partial charge >= 0.3 is 0 Å². The van der Waals surface area contributed by atoms with Crippen LogP contribution in [0.5, 0.6) is 0 Å². The van der Waals surface area contributed by atoms with Crippen LogP contribution in [-0.4, -0.2) is 32.5 Å². The largest absolute Gasteiger partial charge is 0.314 e. The first-order valence-corrected chi connectivity index (χ1v) is 10.4. The molecule has 2 atom stereocenters. The van der Waals surface area contributed by atoms with Crippen molar-refractivity contribution in [1.82, 2.24) is 30.6 Å². The van der Waals surface area contributed by atoms with Gasteiger partial charge in [-0.05, 0) is 44.0 Å². The topological polar surface area (TPSA) is 141 Å². The molecular weight excluding hydrogens is 390 g/mol. The first-order valence-electron chi connectivity index (χ1n) is 10.4. The lowest BCUT2D eigenvalue weighted by Gasteiger charge is -2.44. The molecule has 0 radical (unpaired) electrons. The van der Waals surface area contributed by atoms with E-state index in [1.165, 1.54) is 0 Å². The van der Waals surface area contributed by atoms with Crippen LogP contribution >= 0.6 is 0 Å². The van der Waals surface area contributed by atoms with Gasteiger partial charge in [-0.25, -0.2) is 10.4 Å². The van der Waals surface area contributed by atoms with E-state index >= 15 is 0 Å². The zero-order valence-electron chi connectivity index (χ0n) is 17.2. The van der Waals surface area contributed by atoms with Crippen molar-refractivity contribution in [1.29, 1.82) is 10.5 Å². The molecule has 0 spiro atoms. The zero-order chi connectivity index (χ0) is 21.6. The van der Waals surface area contributed by atoms with Gasteiger partial charge in [0.15, 0.2) is 0 Å². The van der Waals surface area contributed by atoms with E-state index in [1.807, 2.05) is 35.9 Å². The standard InChI is InChI=1S/C22H23N9/c1-13-7-19(30-31(13)22(4-5-23)9-14(10-22)11-24)20-15-3-2-6-26-17(15)8-18(28-20)16-12-27-29-21(16)25/h2-3,6-8,14,16,21,27,29H,4,9-10,12,25H2,1H3. The minimum absolute atomic E-state index is 0.0151. The van der Waals surface area contributed by atoms with Crippen LogP contribution in [0.25, 0.3) is 22.3 Å². The highest BCUT2D eigenvalue weighted by molar-refractivity contribution is 5.91. The highest BCUT2D eigenvalue weighted by atomic mass is 15.4. The average Bonchev–Trinajstić information content (AvgIpc) is 3.35. The Balaban J connectivity index is 1.63. The summed E-state index contributed by atoms with van der Waals surface area (Å²) < 4.78 is 1.93. The predicted molar refractivity (Wildman–Crippen MR) is 114 cm³/mol. The molecule has 9 nitrogen and oxygen atoms in total. The fourth-order valence-electron chi connectivity index (χ4n) is 4.84. The van der Waals surface area contributed by atoms with E-state index in [0.29, 0.717) is 25.8 Å². The first kappa shape index (κ1) is 19.6. The van der Waals surface area contributed by atoms with Crippen LogP contribution < -0.4 is 16.6 Å². The Labute approximate surface area is 179 Å². The minimum atomic E-state index is -0.426. The first-order chi connectivity index (χ1) is 15.0. The lowest BCUT2D eigenvalue weighted by molar-refractivity contribution is 0.0859. The summed E-state index contributed by atoms with van der Waals surface area (Å²) in [6, 6.07) is 12.5. The van der Waals surface area contributed by atoms with Crippen molar-refractivity contribution < 1.29 is 0 Å². The van der Waals surface area contributed by atoms with Crippen LogP contribution in [0.4, 0.5) is 0 Å². The number of aryl methyl sites for hydroxylation is 1. The third kappa shape index (κ3) is 3.15. The second kappa shape index (κ2) is 7.40. The van der Waals surface area contributed by atoms with Gasteiger partial charge in [0.1, 0.15) is 11.4 Å². The predicted octanol–water partition coefficient (Wildman–Crippen LogP) is 1.82. The molecule has 156 valence electrons. The molecule has 1 saturated carbocycles. The summed E-state index contributed by atoms with van der Waals surface area (Å²) in [5.74, 6) is -0.0166. The number of nitrogens with two attached hydrogens (primary N) is 1. The lowest BCUT2D eigenvalue weighted by atomic mass is 9.67. The molecule has 2 unspecified atom stereocenters. The van der Waals surface area contributed by atoms with Crippen LogP contribution in [0.1, 0.15) is 36.6 Å². The summed E-state index contributed by atoms with van der Waals surface area (Å²) in [6.45, 7) is 2.67. The van der Waals surface area contributed by atoms with Crippen LogP contribution in [0.2, 0.25) is 0 Å². The Morgan fingerprint density at radius 2 is 2.16 bits per heavy atom. The molecule has 2 fully saturated rings. The molecule has 5 rings (SSSR count). The van der Waals surface area contributed by atoms with Gasteiger partial charge in [-0.15, -0.1) is 0 Å². The SMILES string of the molecule is Cc1cc(-c2nc(C3CNNC3N)cc3ncccc23)nn1C1(CC#N)CC(C#N)C1. The van der Waals surface area contributed by atoms with E-state index in [1.54, 1.807) is 6.20 Å². The third-order valence-electron chi connectivity index (χ3n) is 6.45. The highest BCUT2D eigenvalue weighted by Gasteiger charge is 2.47. The molecule has 1 aliphatic heterocycles. The number of pyridine rings is 2. The Hall–Kier alpha value is -3.37. The second-order valence-corrected chi connectivity index (χ2v) is 8.50. The molecule has 0 bridgehead atoms. The van der Waals surface area contributed by atoms with Crippen molar-refractivity contribution >= 4 is 10.9 Å². The van der Waals surface area contributed by atoms with Crippen molar-refractivity contribution in [2.45, 2.75) is 43.8 Å². The summed E-state index contributed by atoms with van der Waals surface area (Å²) >= 11 is 0. The summed E-state index contributed by atoms with van der Waals surface area (Å²) in [5, 5.41) is 24.5. The van der Waals surface area contributed by atoms with Gasteiger partial charge < -0.3 is 5.73 Å². The van der Waals surface area contributed by atoms with Crippen molar-refractivity contribution in [3.05, 3.63) is 41.9 Å². The summed E-state index contributed by atoms with van der Waals surface area (Å²) in [5.41, 5.74) is 16.0. The maximum atomic E-state index is 9.41. The van der Waals surface area contributed by atoms with E-state index in [0.717, 1.165) is 33.7 Å². The van der Waals surface area contributed by atoms with E-state index in [9.17, 15) is 10.5 Å². The van der Waals surface area contributed by atoms with Crippen LogP contribution in [0.3, 0.4) is 0 Å². The number of hydrogen-bond acceptors (Lipinski definition) is 8. The van der Waals surface area contributed by atoms with Gasteiger partial charge in [0.25, 0.3) is 0 Å². The summed E-state index contributed by atoms with van der Waals surface area (Å²) in [6.07, 6.45) is 3.14. The molecule has 0 aromatic carbocycles. The number of hydrogen-bond donors (Lipinski definition) is 3. The Morgan fingerprint density at radius 1 is 1.32 bits per heavy atom. The number of nitrogens with zero attached hydrogens (tertiary/aromatic N) is 6. The van der Waals surface area contributed by atoms with Gasteiger partial charge in [-0.2, -0.15) is 15.6 Å². The van der Waals surface area contributed by atoms with Gasteiger partial charge in [-0.1, -0.05) is 0 Å². The minimum Gasteiger partial charge on any atom is -0.314 e. The maximum Gasteiger partial charge on any atom is 0.112 e.